The van der Waals surface area contributed by atoms with Crippen molar-refractivity contribution >= 4 is 0 Å². The molecule has 0 atom stereocenters. The van der Waals surface area contributed by atoms with E-state index in [0.29, 0.717) is 11.1 Å². The van der Waals surface area contributed by atoms with Crippen LogP contribution in [0.3, 0.4) is 0 Å². The monoisotopic (exact) mass is 310 g/mol. The van der Waals surface area contributed by atoms with Gasteiger partial charge in [-0.25, -0.2) is 17.6 Å². The fourth-order valence-electron chi connectivity index (χ4n) is 2.58. The average Bonchev–Trinajstić information content (AvgIpc) is 2.35. The highest BCUT2D eigenvalue weighted by Crippen LogP contribution is 2.35. The van der Waals surface area contributed by atoms with Crippen LogP contribution in [0.15, 0.2) is 30.3 Å². The van der Waals surface area contributed by atoms with Gasteiger partial charge in [-0.15, -0.1) is 0 Å². The number of hydrogen-bond acceptors (Lipinski definition) is 0. The van der Waals surface area contributed by atoms with Crippen LogP contribution in [-0.2, 0) is 5.41 Å². The van der Waals surface area contributed by atoms with Gasteiger partial charge in [-0.2, -0.15) is 0 Å². The molecule has 0 radical (unpaired) electrons. The Hall–Kier alpha value is -1.84. The Kier molecular flexibility index (Phi) is 4.32. The van der Waals surface area contributed by atoms with Crippen molar-refractivity contribution in [3.8, 4) is 0 Å². The van der Waals surface area contributed by atoms with Gasteiger partial charge in [0.1, 0.15) is 23.3 Å². The van der Waals surface area contributed by atoms with Crippen LogP contribution in [0.2, 0.25) is 0 Å². The molecule has 2 rings (SSSR count). The summed E-state index contributed by atoms with van der Waals surface area (Å²) in [4.78, 5) is 0. The summed E-state index contributed by atoms with van der Waals surface area (Å²) >= 11 is 0. The molecule has 0 aliphatic heterocycles. The molecule has 0 saturated heterocycles. The van der Waals surface area contributed by atoms with Crippen LogP contribution in [0.4, 0.5) is 17.6 Å². The average molecular weight is 310 g/mol. The van der Waals surface area contributed by atoms with Crippen molar-refractivity contribution in [3.63, 3.8) is 0 Å². The van der Waals surface area contributed by atoms with Gasteiger partial charge >= 0.3 is 0 Å². The molecule has 2 aromatic carbocycles. The van der Waals surface area contributed by atoms with Crippen LogP contribution in [0.5, 0.6) is 0 Å². The summed E-state index contributed by atoms with van der Waals surface area (Å²) in [5, 5.41) is 0. The Balaban J connectivity index is 2.58. The number of rotatable bonds is 3. The van der Waals surface area contributed by atoms with E-state index in [1.54, 1.807) is 27.7 Å². The second kappa shape index (κ2) is 5.75. The van der Waals surface area contributed by atoms with Gasteiger partial charge in [0, 0.05) is 17.0 Å². The second-order valence-corrected chi connectivity index (χ2v) is 6.29. The van der Waals surface area contributed by atoms with Crippen LogP contribution in [0.1, 0.15) is 50.3 Å². The molecular formula is C18H18F4. The topological polar surface area (TPSA) is 0 Å². The van der Waals surface area contributed by atoms with E-state index in [4.69, 9.17) is 0 Å². The molecule has 0 N–H and O–H groups in total. The molecule has 0 fully saturated rings. The standard InChI is InChI=1S/C18H18F4/c1-10(2)17-15(21)7-12(8-16(17)22)18(3,4)11-5-13(19)9-14(20)6-11/h5-10H,1-4H3. The van der Waals surface area contributed by atoms with Crippen LogP contribution >= 0.6 is 0 Å². The lowest BCUT2D eigenvalue weighted by atomic mass is 9.77. The van der Waals surface area contributed by atoms with Gasteiger partial charge in [0.05, 0.1) is 0 Å². The Labute approximate surface area is 127 Å². The molecule has 22 heavy (non-hydrogen) atoms. The van der Waals surface area contributed by atoms with Gasteiger partial charge in [-0.05, 0) is 41.3 Å². The molecule has 0 heterocycles. The van der Waals surface area contributed by atoms with E-state index in [0.717, 1.165) is 6.07 Å². The SMILES string of the molecule is CC(C)c1c(F)cc(C(C)(C)c2cc(F)cc(F)c2)cc1F. The van der Waals surface area contributed by atoms with Gasteiger partial charge in [0.2, 0.25) is 0 Å². The van der Waals surface area contributed by atoms with Gasteiger partial charge < -0.3 is 0 Å². The summed E-state index contributed by atoms with van der Waals surface area (Å²) in [6.45, 7) is 6.75. The zero-order chi connectivity index (χ0) is 16.7. The Morgan fingerprint density at radius 2 is 1.14 bits per heavy atom. The molecule has 0 aliphatic rings. The van der Waals surface area contributed by atoms with Gasteiger partial charge in [0.15, 0.2) is 0 Å². The molecule has 0 nitrogen and oxygen atoms in total. The number of benzene rings is 2. The number of hydrogen-bond donors (Lipinski definition) is 0. The molecule has 0 amide bonds. The third-order valence-electron chi connectivity index (χ3n) is 3.96. The smallest absolute Gasteiger partial charge is 0.129 e. The van der Waals surface area contributed by atoms with E-state index in [1.165, 1.54) is 24.3 Å². The lowest BCUT2D eigenvalue weighted by Crippen LogP contribution is -2.20. The van der Waals surface area contributed by atoms with Crippen LogP contribution < -0.4 is 0 Å². The molecule has 0 saturated carbocycles. The maximum Gasteiger partial charge on any atom is 0.129 e. The molecule has 4 heteroatoms. The third-order valence-corrected chi connectivity index (χ3v) is 3.96. The zero-order valence-electron chi connectivity index (χ0n) is 13.0. The van der Waals surface area contributed by atoms with Crippen LogP contribution in [-0.4, -0.2) is 0 Å². The first-order valence-corrected chi connectivity index (χ1v) is 7.09. The molecule has 0 aromatic heterocycles. The van der Waals surface area contributed by atoms with Crippen molar-refractivity contribution in [2.45, 2.75) is 39.0 Å². The fraction of sp³-hybridized carbons (Fsp3) is 0.333. The first-order chi connectivity index (χ1) is 10.1. The first-order valence-electron chi connectivity index (χ1n) is 7.09. The maximum absolute atomic E-state index is 14.2. The Morgan fingerprint density at radius 1 is 0.727 bits per heavy atom. The minimum atomic E-state index is -0.930. The van der Waals surface area contributed by atoms with Gasteiger partial charge in [-0.1, -0.05) is 27.7 Å². The molecule has 0 spiro atoms. The summed E-state index contributed by atoms with van der Waals surface area (Å²) in [5.41, 5.74) is -0.261. The van der Waals surface area contributed by atoms with E-state index in [-0.39, 0.29) is 11.5 Å². The predicted octanol–water partition coefficient (Wildman–Crippen LogP) is 5.69. The minimum absolute atomic E-state index is 0.0185. The van der Waals surface area contributed by atoms with E-state index < -0.39 is 28.7 Å². The quantitative estimate of drug-likeness (QED) is 0.639. The highest BCUT2D eigenvalue weighted by Gasteiger charge is 2.27. The predicted molar refractivity (Wildman–Crippen MR) is 78.9 cm³/mol. The highest BCUT2D eigenvalue weighted by molar-refractivity contribution is 5.40. The Morgan fingerprint density at radius 3 is 1.55 bits per heavy atom. The van der Waals surface area contributed by atoms with E-state index >= 15 is 0 Å². The van der Waals surface area contributed by atoms with Gasteiger partial charge in [-0.3, -0.25) is 0 Å². The lowest BCUT2D eigenvalue weighted by molar-refractivity contribution is 0.523. The molecule has 118 valence electrons. The summed E-state index contributed by atoms with van der Waals surface area (Å²) in [6.07, 6.45) is 0. The van der Waals surface area contributed by atoms with Crippen molar-refractivity contribution in [1.82, 2.24) is 0 Å². The Bertz CT molecular complexity index is 659. The number of halogens is 4. The van der Waals surface area contributed by atoms with Crippen molar-refractivity contribution < 1.29 is 17.6 Å². The van der Waals surface area contributed by atoms with E-state index in [9.17, 15) is 17.6 Å². The summed E-state index contributed by atoms with van der Waals surface area (Å²) in [5.74, 6) is -3.01. The van der Waals surface area contributed by atoms with Crippen molar-refractivity contribution in [1.29, 1.82) is 0 Å². The van der Waals surface area contributed by atoms with Crippen molar-refractivity contribution in [2.24, 2.45) is 0 Å². The maximum atomic E-state index is 14.2. The molecule has 0 bridgehead atoms. The summed E-state index contributed by atoms with van der Waals surface area (Å²) in [6, 6.07) is 5.59. The zero-order valence-corrected chi connectivity index (χ0v) is 13.0. The molecule has 0 aliphatic carbocycles. The molecule has 2 aromatic rings. The molecular weight excluding hydrogens is 292 g/mol. The lowest BCUT2D eigenvalue weighted by Gasteiger charge is -2.27. The molecule has 0 unspecified atom stereocenters. The summed E-state index contributed by atoms with van der Waals surface area (Å²) < 4.78 is 55.2. The third kappa shape index (κ3) is 3.01. The van der Waals surface area contributed by atoms with Crippen molar-refractivity contribution in [3.05, 3.63) is 70.3 Å². The summed E-state index contributed by atoms with van der Waals surface area (Å²) in [7, 11) is 0. The highest BCUT2D eigenvalue weighted by atomic mass is 19.1. The minimum Gasteiger partial charge on any atom is -0.207 e. The van der Waals surface area contributed by atoms with Crippen LogP contribution in [0.25, 0.3) is 0 Å². The van der Waals surface area contributed by atoms with Crippen molar-refractivity contribution in [2.75, 3.05) is 0 Å². The normalized spacial score (nSPS) is 12.0. The largest absolute Gasteiger partial charge is 0.207 e. The first kappa shape index (κ1) is 16.5. The van der Waals surface area contributed by atoms with Crippen LogP contribution in [0, 0.1) is 23.3 Å². The van der Waals surface area contributed by atoms with E-state index in [1.807, 2.05) is 0 Å². The van der Waals surface area contributed by atoms with E-state index in [2.05, 4.69) is 0 Å². The fourth-order valence-corrected chi connectivity index (χ4v) is 2.58. The van der Waals surface area contributed by atoms with Gasteiger partial charge in [0.25, 0.3) is 0 Å². The second-order valence-electron chi connectivity index (χ2n) is 6.29.